The fraction of sp³-hybridized carbons (Fsp3) is 0.486. The first kappa shape index (κ1) is 36.6. The molecule has 1 unspecified atom stereocenters. The maximum Gasteiger partial charge on any atom is 0.416 e. The average molecular weight is 756 g/mol. The molecule has 0 bridgehead atoms. The first-order chi connectivity index (χ1) is 23.1. The molecule has 3 atom stereocenters. The quantitative estimate of drug-likeness (QED) is 0.221. The lowest BCUT2D eigenvalue weighted by molar-refractivity contribution is -0.149. The van der Waals surface area contributed by atoms with E-state index in [0.29, 0.717) is 55.8 Å². The number of aliphatic carboxylic acids is 1. The van der Waals surface area contributed by atoms with Crippen molar-refractivity contribution in [3.63, 3.8) is 0 Å². The molecule has 264 valence electrons. The Morgan fingerprint density at radius 1 is 0.857 bits per heavy atom. The van der Waals surface area contributed by atoms with Gasteiger partial charge in [-0.1, -0.05) is 37.3 Å². The minimum Gasteiger partial charge on any atom is -0.481 e. The van der Waals surface area contributed by atoms with Crippen molar-refractivity contribution in [3.05, 3.63) is 87.7 Å². The molecule has 0 radical (unpaired) electrons. The van der Waals surface area contributed by atoms with Crippen molar-refractivity contribution in [1.82, 2.24) is 14.9 Å². The van der Waals surface area contributed by atoms with Crippen LogP contribution in [-0.4, -0.2) is 50.0 Å². The van der Waals surface area contributed by atoms with Crippen molar-refractivity contribution >= 4 is 33.8 Å². The molecule has 2 fully saturated rings. The van der Waals surface area contributed by atoms with Gasteiger partial charge in [0.1, 0.15) is 0 Å². The number of carboxylic acid groups (broad SMARTS) is 1. The lowest BCUT2D eigenvalue weighted by Gasteiger charge is -2.49. The van der Waals surface area contributed by atoms with E-state index in [4.69, 9.17) is 0 Å². The predicted octanol–water partition coefficient (Wildman–Crippen LogP) is 8.56. The third kappa shape index (κ3) is 8.92. The largest absolute Gasteiger partial charge is 0.481 e. The summed E-state index contributed by atoms with van der Waals surface area (Å²) in [6.07, 6.45) is -3.58. The lowest BCUT2D eigenvalue weighted by atomic mass is 9.79. The predicted molar refractivity (Wildman–Crippen MR) is 173 cm³/mol. The first-order valence-electron chi connectivity index (χ1n) is 16.3. The van der Waals surface area contributed by atoms with Gasteiger partial charge in [-0.25, -0.2) is 9.97 Å². The summed E-state index contributed by atoms with van der Waals surface area (Å²) in [6.45, 7) is 1.61. The number of rotatable bonds is 9. The third-order valence-corrected chi connectivity index (χ3v) is 10.1. The molecule has 1 amide bonds. The van der Waals surface area contributed by atoms with Crippen molar-refractivity contribution < 1.29 is 41.0 Å². The highest BCUT2D eigenvalue weighted by Crippen LogP contribution is 2.40. The summed E-state index contributed by atoms with van der Waals surface area (Å²) in [7, 11) is 0. The van der Waals surface area contributed by atoms with E-state index in [9.17, 15) is 41.0 Å². The van der Waals surface area contributed by atoms with Crippen LogP contribution in [-0.2, 0) is 34.9 Å². The van der Waals surface area contributed by atoms with Crippen LogP contribution in [0.3, 0.4) is 0 Å². The summed E-state index contributed by atoms with van der Waals surface area (Å²) < 4.78 is 83.4. The van der Waals surface area contributed by atoms with E-state index in [-0.39, 0.29) is 48.0 Å². The summed E-state index contributed by atoms with van der Waals surface area (Å²) in [5.74, 6) is -1.59. The molecule has 3 aromatic rings. The number of benzene rings is 2. The summed E-state index contributed by atoms with van der Waals surface area (Å²) in [5, 5.41) is 9.48. The topological polar surface area (TPSA) is 86.6 Å². The molecule has 2 aliphatic rings. The molecule has 1 saturated carbocycles. The fourth-order valence-electron chi connectivity index (χ4n) is 7.22. The van der Waals surface area contributed by atoms with Gasteiger partial charge in [-0.05, 0) is 96.6 Å². The lowest BCUT2D eigenvalue weighted by Crippen LogP contribution is -2.59. The fourth-order valence-corrected chi connectivity index (χ4v) is 7.42. The number of alkyl halides is 6. The Morgan fingerprint density at radius 3 is 1.94 bits per heavy atom. The maximum absolute atomic E-state index is 14.3. The Balaban J connectivity index is 1.52. The number of piperidine rings is 1. The molecule has 49 heavy (non-hydrogen) atoms. The van der Waals surface area contributed by atoms with Crippen LogP contribution in [0.2, 0.25) is 0 Å². The molecule has 1 N–H and O–H groups in total. The third-order valence-electron chi connectivity index (χ3n) is 9.65. The molecular weight excluding hydrogens is 718 g/mol. The Hall–Kier alpha value is -3.68. The molecule has 14 heteroatoms. The molecule has 7 nitrogen and oxygen atoms in total. The van der Waals surface area contributed by atoms with Crippen LogP contribution in [0.4, 0.5) is 32.3 Å². The van der Waals surface area contributed by atoms with Crippen molar-refractivity contribution in [1.29, 1.82) is 0 Å². The number of amides is 1. The monoisotopic (exact) mass is 754 g/mol. The number of halogens is 7. The van der Waals surface area contributed by atoms with Crippen LogP contribution < -0.4 is 4.90 Å². The average Bonchev–Trinajstić information content (AvgIpc) is 3.06. The van der Waals surface area contributed by atoms with Crippen LogP contribution in [0.25, 0.3) is 0 Å². The minimum atomic E-state index is -5.00. The number of aromatic nitrogens is 2. The summed E-state index contributed by atoms with van der Waals surface area (Å²) >= 11 is 3.29. The number of hydrogen-bond donors (Lipinski definition) is 1. The van der Waals surface area contributed by atoms with Gasteiger partial charge in [-0.15, -0.1) is 0 Å². The van der Waals surface area contributed by atoms with E-state index < -0.39 is 41.4 Å². The number of anilines is 1. The zero-order valence-corrected chi connectivity index (χ0v) is 28.3. The van der Waals surface area contributed by atoms with Gasteiger partial charge in [0.15, 0.2) is 0 Å². The van der Waals surface area contributed by atoms with E-state index in [1.54, 1.807) is 4.90 Å². The first-order valence-corrected chi connectivity index (χ1v) is 17.0. The summed E-state index contributed by atoms with van der Waals surface area (Å²) in [6, 6.07) is 10.0. The van der Waals surface area contributed by atoms with Gasteiger partial charge in [0.05, 0.1) is 21.5 Å². The van der Waals surface area contributed by atoms with Crippen molar-refractivity contribution in [3.8, 4) is 0 Å². The van der Waals surface area contributed by atoms with E-state index in [2.05, 4.69) is 25.9 Å². The maximum atomic E-state index is 14.3. The van der Waals surface area contributed by atoms with Crippen LogP contribution in [0.5, 0.6) is 0 Å². The zero-order valence-electron chi connectivity index (χ0n) is 26.7. The standard InChI is InChI=1S/C35H37BrF6N4O3/c1-2-28-16-29(17-30(14-21-6-4-3-5-7-21)46(28)31(47)23-8-10-24(11-9-23)32(48)49)45(33-43-18-27(36)19-44-33)20-22-12-25(34(37,38)39)15-26(13-22)35(40,41)42/h3-7,12-13,15,18-19,23-24,28-30H,2,8-11,14,16-17,20H2,1H3,(H,48,49)/t23?,24?,28?,29-,30-/m1/s1. The van der Waals surface area contributed by atoms with Gasteiger partial charge in [-0.2, -0.15) is 26.3 Å². The van der Waals surface area contributed by atoms with Crippen molar-refractivity contribution in [2.75, 3.05) is 4.90 Å². The number of carboxylic acids is 1. The summed E-state index contributed by atoms with van der Waals surface area (Å²) in [5.41, 5.74) is -2.04. The highest BCUT2D eigenvalue weighted by atomic mass is 79.9. The molecule has 5 rings (SSSR count). The Kier molecular flexibility index (Phi) is 11.2. The van der Waals surface area contributed by atoms with Crippen LogP contribution in [0.1, 0.15) is 74.1 Å². The SMILES string of the molecule is CCC1C[C@@H](N(Cc2cc(C(F)(F)F)cc(C(F)(F)F)c2)c2ncc(Br)cn2)C[C@@H](Cc2ccccc2)N1C(=O)C1CCC(C(=O)O)CC1. The summed E-state index contributed by atoms with van der Waals surface area (Å²) in [4.78, 5) is 38.2. The Bertz CT molecular complexity index is 1570. The van der Waals surface area contributed by atoms with Gasteiger partial charge in [0.25, 0.3) is 0 Å². The second-order valence-electron chi connectivity index (χ2n) is 12.9. The van der Waals surface area contributed by atoms with E-state index in [1.165, 1.54) is 12.4 Å². The van der Waals surface area contributed by atoms with Crippen molar-refractivity contribution in [2.45, 2.75) is 95.3 Å². The molecule has 1 aliphatic carbocycles. The van der Waals surface area contributed by atoms with Gasteiger partial charge < -0.3 is 14.9 Å². The van der Waals surface area contributed by atoms with Crippen LogP contribution >= 0.6 is 15.9 Å². The Morgan fingerprint density at radius 2 is 1.41 bits per heavy atom. The van der Waals surface area contributed by atoms with E-state index in [0.717, 1.165) is 17.7 Å². The highest BCUT2D eigenvalue weighted by molar-refractivity contribution is 9.10. The number of likely N-dealkylation sites (tertiary alicyclic amines) is 1. The second kappa shape index (κ2) is 15.1. The molecule has 1 aromatic heterocycles. The number of carbonyl (C=O) groups is 2. The van der Waals surface area contributed by atoms with Gasteiger partial charge in [-0.3, -0.25) is 9.59 Å². The number of carbonyl (C=O) groups excluding carboxylic acids is 1. The van der Waals surface area contributed by atoms with E-state index in [1.807, 2.05) is 42.2 Å². The molecule has 1 saturated heterocycles. The molecule has 2 aromatic carbocycles. The van der Waals surface area contributed by atoms with Gasteiger partial charge in [0, 0.05) is 43.0 Å². The minimum absolute atomic E-state index is 0.0470. The smallest absolute Gasteiger partial charge is 0.416 e. The molecule has 1 aliphatic heterocycles. The van der Waals surface area contributed by atoms with Gasteiger partial charge in [0.2, 0.25) is 11.9 Å². The zero-order chi connectivity index (χ0) is 35.5. The van der Waals surface area contributed by atoms with Crippen molar-refractivity contribution in [2.24, 2.45) is 11.8 Å². The number of nitrogens with zero attached hydrogens (tertiary/aromatic N) is 4. The van der Waals surface area contributed by atoms with Crippen LogP contribution in [0, 0.1) is 11.8 Å². The number of hydrogen-bond acceptors (Lipinski definition) is 5. The van der Waals surface area contributed by atoms with E-state index >= 15 is 0 Å². The Labute approximate surface area is 288 Å². The normalized spacial score (nSPS) is 23.3. The van der Waals surface area contributed by atoms with Gasteiger partial charge >= 0.3 is 18.3 Å². The molecular formula is C35H37BrF6N4O3. The van der Waals surface area contributed by atoms with Crippen LogP contribution in [0.15, 0.2) is 65.4 Å². The molecule has 0 spiro atoms. The second-order valence-corrected chi connectivity index (χ2v) is 13.8. The molecule has 2 heterocycles. The highest BCUT2D eigenvalue weighted by Gasteiger charge is 2.44.